The van der Waals surface area contributed by atoms with Crippen molar-refractivity contribution in [1.29, 1.82) is 0 Å². The molecule has 2 N–H and O–H groups in total. The maximum atomic E-state index is 13.1. The van der Waals surface area contributed by atoms with Gasteiger partial charge in [-0.25, -0.2) is 0 Å². The summed E-state index contributed by atoms with van der Waals surface area (Å²) < 4.78 is 39.4. The van der Waals surface area contributed by atoms with E-state index in [0.29, 0.717) is 6.54 Å². The number of carbonyl (C=O) groups is 1. The predicted molar refractivity (Wildman–Crippen MR) is 75.7 cm³/mol. The lowest BCUT2D eigenvalue weighted by Gasteiger charge is -2.25. The van der Waals surface area contributed by atoms with Gasteiger partial charge in [0.25, 0.3) is 0 Å². The molecule has 1 amide bonds. The van der Waals surface area contributed by atoms with E-state index in [1.165, 1.54) is 19.1 Å². The fourth-order valence-corrected chi connectivity index (χ4v) is 1.81. The average Bonchev–Trinajstić information content (AvgIpc) is 2.41. The van der Waals surface area contributed by atoms with Gasteiger partial charge in [-0.2, -0.15) is 13.2 Å². The van der Waals surface area contributed by atoms with E-state index in [-0.39, 0.29) is 11.5 Å². The predicted octanol–water partition coefficient (Wildman–Crippen LogP) is 3.04. The smallest absolute Gasteiger partial charge is 0.354 e. The van der Waals surface area contributed by atoms with Crippen molar-refractivity contribution >= 4 is 5.91 Å². The number of hydrogen-bond donors (Lipinski definition) is 2. The Hall–Kier alpha value is -1.56. The van der Waals surface area contributed by atoms with E-state index in [9.17, 15) is 18.0 Å². The monoisotopic (exact) mass is 302 g/mol. The minimum atomic E-state index is -4.46. The molecular weight excluding hydrogens is 281 g/mol. The lowest BCUT2D eigenvalue weighted by Crippen LogP contribution is -2.47. The number of halogens is 3. The minimum absolute atomic E-state index is 0.0912. The van der Waals surface area contributed by atoms with Gasteiger partial charge in [-0.05, 0) is 18.4 Å². The quantitative estimate of drug-likeness (QED) is 0.848. The van der Waals surface area contributed by atoms with Crippen LogP contribution in [0, 0.1) is 5.92 Å². The fourth-order valence-electron chi connectivity index (χ4n) is 1.81. The lowest BCUT2D eigenvalue weighted by molar-refractivity contribution is -0.160. The van der Waals surface area contributed by atoms with Crippen LogP contribution in [0.1, 0.15) is 32.4 Å². The van der Waals surface area contributed by atoms with E-state index >= 15 is 0 Å². The molecule has 0 radical (unpaired) electrons. The van der Waals surface area contributed by atoms with E-state index < -0.39 is 24.2 Å². The Morgan fingerprint density at radius 3 is 2.19 bits per heavy atom. The number of amides is 1. The maximum absolute atomic E-state index is 13.1. The number of hydrogen-bond acceptors (Lipinski definition) is 2. The summed E-state index contributed by atoms with van der Waals surface area (Å²) in [7, 11) is 0. The molecule has 1 aromatic rings. The molecule has 0 saturated heterocycles. The topological polar surface area (TPSA) is 41.1 Å². The second kappa shape index (κ2) is 7.45. The first-order valence-corrected chi connectivity index (χ1v) is 6.87. The number of alkyl halides is 3. The number of nitrogens with one attached hydrogen (secondary N) is 2. The second-order valence-corrected chi connectivity index (χ2v) is 5.41. The molecule has 0 aliphatic heterocycles. The molecule has 1 rings (SSSR count). The molecule has 0 bridgehead atoms. The van der Waals surface area contributed by atoms with Crippen molar-refractivity contribution in [2.75, 3.05) is 6.54 Å². The van der Waals surface area contributed by atoms with Crippen LogP contribution in [0.2, 0.25) is 0 Å². The normalized spacial score (nSPS) is 14.8. The molecule has 0 spiro atoms. The summed E-state index contributed by atoms with van der Waals surface area (Å²) in [6.07, 6.45) is -4.46. The molecule has 1 aromatic carbocycles. The van der Waals surface area contributed by atoms with Crippen molar-refractivity contribution in [1.82, 2.24) is 10.6 Å². The molecule has 2 unspecified atom stereocenters. The van der Waals surface area contributed by atoms with Gasteiger partial charge in [0, 0.05) is 6.54 Å². The standard InChI is InChI=1S/C15H21F3N2O/c1-10(2)9-19-14(21)11(3)20-13(15(16,17)18)12-7-5-4-6-8-12/h4-8,10-11,13,20H,9H2,1-3H3,(H,19,21). The Labute approximate surface area is 122 Å². The highest BCUT2D eigenvalue weighted by atomic mass is 19.4. The van der Waals surface area contributed by atoms with Gasteiger partial charge in [0.15, 0.2) is 0 Å². The number of carbonyl (C=O) groups excluding carboxylic acids is 1. The van der Waals surface area contributed by atoms with Crippen LogP contribution >= 0.6 is 0 Å². The third-order valence-electron chi connectivity index (χ3n) is 2.95. The van der Waals surface area contributed by atoms with Gasteiger partial charge in [-0.1, -0.05) is 44.2 Å². The third-order valence-corrected chi connectivity index (χ3v) is 2.95. The van der Waals surface area contributed by atoms with Crippen LogP contribution in [0.25, 0.3) is 0 Å². The van der Waals surface area contributed by atoms with Gasteiger partial charge in [-0.3, -0.25) is 10.1 Å². The third kappa shape index (κ3) is 5.75. The molecule has 21 heavy (non-hydrogen) atoms. The molecule has 118 valence electrons. The zero-order valence-corrected chi connectivity index (χ0v) is 12.4. The van der Waals surface area contributed by atoms with Gasteiger partial charge < -0.3 is 5.32 Å². The lowest BCUT2D eigenvalue weighted by atomic mass is 10.1. The van der Waals surface area contributed by atoms with E-state index in [2.05, 4.69) is 10.6 Å². The van der Waals surface area contributed by atoms with Crippen LogP contribution < -0.4 is 10.6 Å². The highest BCUT2D eigenvalue weighted by Gasteiger charge is 2.41. The molecule has 0 fully saturated rings. The van der Waals surface area contributed by atoms with Crippen molar-refractivity contribution in [3.05, 3.63) is 35.9 Å². The number of rotatable bonds is 6. The molecule has 3 nitrogen and oxygen atoms in total. The Balaban J connectivity index is 2.76. The van der Waals surface area contributed by atoms with Crippen molar-refractivity contribution in [2.24, 2.45) is 5.92 Å². The first-order chi connectivity index (χ1) is 9.71. The molecule has 0 aliphatic rings. The van der Waals surface area contributed by atoms with Crippen LogP contribution in [-0.4, -0.2) is 24.7 Å². The Morgan fingerprint density at radius 1 is 1.14 bits per heavy atom. The molecule has 0 saturated carbocycles. The van der Waals surface area contributed by atoms with Crippen LogP contribution in [-0.2, 0) is 4.79 Å². The minimum Gasteiger partial charge on any atom is -0.354 e. The highest BCUT2D eigenvalue weighted by molar-refractivity contribution is 5.81. The number of benzene rings is 1. The van der Waals surface area contributed by atoms with Crippen molar-refractivity contribution in [3.63, 3.8) is 0 Å². The fraction of sp³-hybridized carbons (Fsp3) is 0.533. The summed E-state index contributed by atoms with van der Waals surface area (Å²) in [6, 6.07) is 4.72. The summed E-state index contributed by atoms with van der Waals surface area (Å²) in [5, 5.41) is 4.98. The average molecular weight is 302 g/mol. The van der Waals surface area contributed by atoms with Gasteiger partial charge in [0.1, 0.15) is 6.04 Å². The summed E-state index contributed by atoms with van der Waals surface area (Å²) in [4.78, 5) is 11.8. The first kappa shape index (κ1) is 17.5. The Kier molecular flexibility index (Phi) is 6.20. The van der Waals surface area contributed by atoms with Crippen molar-refractivity contribution < 1.29 is 18.0 Å². The van der Waals surface area contributed by atoms with Crippen molar-refractivity contribution in [2.45, 2.75) is 39.0 Å². The van der Waals surface area contributed by atoms with Crippen molar-refractivity contribution in [3.8, 4) is 0 Å². The van der Waals surface area contributed by atoms with Gasteiger partial charge in [0.2, 0.25) is 5.91 Å². The molecule has 6 heteroatoms. The zero-order chi connectivity index (χ0) is 16.0. The Bertz CT molecular complexity index is 446. The second-order valence-electron chi connectivity index (χ2n) is 5.41. The molecular formula is C15H21F3N2O. The molecule has 0 aromatic heterocycles. The van der Waals surface area contributed by atoms with Gasteiger partial charge >= 0.3 is 6.18 Å². The van der Waals surface area contributed by atoms with E-state index in [4.69, 9.17) is 0 Å². The van der Waals surface area contributed by atoms with E-state index in [1.54, 1.807) is 18.2 Å². The van der Waals surface area contributed by atoms with Crippen LogP contribution in [0.5, 0.6) is 0 Å². The first-order valence-electron chi connectivity index (χ1n) is 6.87. The Morgan fingerprint density at radius 2 is 1.71 bits per heavy atom. The zero-order valence-electron chi connectivity index (χ0n) is 12.4. The molecule has 0 heterocycles. The highest BCUT2D eigenvalue weighted by Crippen LogP contribution is 2.32. The summed E-state index contributed by atoms with van der Waals surface area (Å²) in [6.45, 7) is 5.70. The van der Waals surface area contributed by atoms with Crippen LogP contribution in [0.4, 0.5) is 13.2 Å². The van der Waals surface area contributed by atoms with Crippen LogP contribution in [0.3, 0.4) is 0 Å². The largest absolute Gasteiger partial charge is 0.407 e. The van der Waals surface area contributed by atoms with Gasteiger partial charge in [0.05, 0.1) is 6.04 Å². The summed E-state index contributed by atoms with van der Waals surface area (Å²) >= 11 is 0. The van der Waals surface area contributed by atoms with Crippen LogP contribution in [0.15, 0.2) is 30.3 Å². The van der Waals surface area contributed by atoms with E-state index in [0.717, 1.165) is 0 Å². The van der Waals surface area contributed by atoms with E-state index in [1.807, 2.05) is 13.8 Å². The molecule has 2 atom stereocenters. The summed E-state index contributed by atoms with van der Waals surface area (Å²) in [5.74, 6) is -0.192. The molecule has 0 aliphatic carbocycles. The van der Waals surface area contributed by atoms with Gasteiger partial charge in [-0.15, -0.1) is 0 Å². The summed E-state index contributed by atoms with van der Waals surface area (Å²) in [5.41, 5.74) is 0.0912. The maximum Gasteiger partial charge on any atom is 0.407 e. The SMILES string of the molecule is CC(C)CNC(=O)C(C)NC(c1ccccc1)C(F)(F)F.